The average Bonchev–Trinajstić information content (AvgIpc) is 2.65. The van der Waals surface area contributed by atoms with Crippen LogP contribution in [0, 0.1) is 5.41 Å². The summed E-state index contributed by atoms with van der Waals surface area (Å²) in [7, 11) is 1.69. The highest BCUT2D eigenvalue weighted by molar-refractivity contribution is 5.82. The van der Waals surface area contributed by atoms with Crippen LogP contribution in [0.1, 0.15) is 25.5 Å². The van der Waals surface area contributed by atoms with E-state index >= 15 is 0 Å². The van der Waals surface area contributed by atoms with Gasteiger partial charge in [-0.1, -0.05) is 13.8 Å². The number of H-pyrrole nitrogens is 1. The van der Waals surface area contributed by atoms with E-state index in [1.54, 1.807) is 7.11 Å². The van der Waals surface area contributed by atoms with Crippen molar-refractivity contribution in [1.82, 2.24) is 4.98 Å². The third-order valence-electron chi connectivity index (χ3n) is 4.10. The Bertz CT molecular complexity index is 571. The first-order valence-electron chi connectivity index (χ1n) is 5.96. The first-order chi connectivity index (χ1) is 8.04. The highest BCUT2D eigenvalue weighted by Gasteiger charge is 2.56. The molecule has 0 aliphatic heterocycles. The molecule has 3 rings (SSSR count). The normalized spacial score (nSPS) is 26.1. The van der Waals surface area contributed by atoms with Crippen molar-refractivity contribution in [2.75, 3.05) is 7.11 Å². The van der Waals surface area contributed by atoms with Crippen molar-refractivity contribution in [3.8, 4) is 5.75 Å². The maximum atomic E-state index is 6.11. The number of hydrogen-bond acceptors (Lipinski definition) is 2. The number of methoxy groups -OCH3 is 1. The lowest BCUT2D eigenvalue weighted by molar-refractivity contribution is 0.415. The van der Waals surface area contributed by atoms with E-state index in [1.165, 1.54) is 11.1 Å². The van der Waals surface area contributed by atoms with Crippen molar-refractivity contribution < 1.29 is 4.74 Å². The number of nitrogens with two attached hydrogens (primary N) is 1. The van der Waals surface area contributed by atoms with E-state index < -0.39 is 0 Å². The van der Waals surface area contributed by atoms with Gasteiger partial charge in [0.05, 0.1) is 7.11 Å². The van der Waals surface area contributed by atoms with Gasteiger partial charge in [-0.05, 0) is 29.0 Å². The number of aromatic nitrogens is 1. The van der Waals surface area contributed by atoms with Gasteiger partial charge in [-0.2, -0.15) is 0 Å². The maximum absolute atomic E-state index is 6.11. The smallest absolute Gasteiger partial charge is 0.120 e. The summed E-state index contributed by atoms with van der Waals surface area (Å²) in [4.78, 5) is 3.46. The second-order valence-electron chi connectivity index (χ2n) is 5.50. The second kappa shape index (κ2) is 3.26. The lowest BCUT2D eigenvalue weighted by atomic mass is 10.1. The quantitative estimate of drug-likeness (QED) is 0.833. The minimum Gasteiger partial charge on any atom is -0.497 e. The molecular weight excluding hydrogens is 212 g/mol. The Hall–Kier alpha value is -1.48. The summed E-state index contributed by atoms with van der Waals surface area (Å²) >= 11 is 0. The van der Waals surface area contributed by atoms with E-state index in [9.17, 15) is 0 Å². The summed E-state index contributed by atoms with van der Waals surface area (Å²) < 4.78 is 5.23. The monoisotopic (exact) mass is 230 g/mol. The van der Waals surface area contributed by atoms with Crippen LogP contribution < -0.4 is 10.5 Å². The van der Waals surface area contributed by atoms with Crippen LogP contribution in [0.4, 0.5) is 0 Å². The zero-order chi connectivity index (χ0) is 12.2. The van der Waals surface area contributed by atoms with Crippen LogP contribution in [0.5, 0.6) is 5.75 Å². The standard InChI is InChI=1S/C14H18N2O/c1-14(2)12(13(14)15)11-6-8-4-5-9(17-3)7-10(8)16-11/h4-7,12-13,16H,15H2,1-3H3. The summed E-state index contributed by atoms with van der Waals surface area (Å²) in [5.74, 6) is 1.33. The Morgan fingerprint density at radius 1 is 1.29 bits per heavy atom. The molecule has 1 aliphatic rings. The van der Waals surface area contributed by atoms with Gasteiger partial charge in [0.25, 0.3) is 0 Å². The Balaban J connectivity index is 2.03. The summed E-state index contributed by atoms with van der Waals surface area (Å²) in [6.45, 7) is 4.43. The van der Waals surface area contributed by atoms with Gasteiger partial charge in [-0.25, -0.2) is 0 Å². The Morgan fingerprint density at radius 2 is 2.00 bits per heavy atom. The number of fused-ring (bicyclic) bond motifs is 1. The molecule has 3 nitrogen and oxygen atoms in total. The Morgan fingerprint density at radius 3 is 2.59 bits per heavy atom. The summed E-state index contributed by atoms with van der Waals surface area (Å²) in [5, 5.41) is 1.22. The maximum Gasteiger partial charge on any atom is 0.120 e. The van der Waals surface area contributed by atoms with Gasteiger partial charge in [0.15, 0.2) is 0 Å². The van der Waals surface area contributed by atoms with E-state index in [-0.39, 0.29) is 11.5 Å². The van der Waals surface area contributed by atoms with E-state index in [1.807, 2.05) is 12.1 Å². The minimum atomic E-state index is 0.213. The van der Waals surface area contributed by atoms with E-state index in [2.05, 4.69) is 31.0 Å². The van der Waals surface area contributed by atoms with Gasteiger partial charge >= 0.3 is 0 Å². The molecule has 1 aromatic carbocycles. The molecule has 2 atom stereocenters. The Labute approximate surface area is 101 Å². The molecule has 1 aliphatic carbocycles. The van der Waals surface area contributed by atoms with Gasteiger partial charge in [-0.15, -0.1) is 0 Å². The molecular formula is C14H18N2O. The lowest BCUT2D eigenvalue weighted by Gasteiger charge is -1.99. The van der Waals surface area contributed by atoms with Crippen molar-refractivity contribution >= 4 is 10.9 Å². The molecule has 0 amide bonds. The van der Waals surface area contributed by atoms with Crippen LogP contribution in [0.2, 0.25) is 0 Å². The summed E-state index contributed by atoms with van der Waals surface area (Å²) in [6, 6.07) is 8.55. The van der Waals surface area contributed by atoms with Crippen molar-refractivity contribution in [2.45, 2.75) is 25.8 Å². The number of benzene rings is 1. The van der Waals surface area contributed by atoms with Gasteiger partial charge < -0.3 is 15.5 Å². The highest BCUT2D eigenvalue weighted by atomic mass is 16.5. The zero-order valence-corrected chi connectivity index (χ0v) is 10.4. The fourth-order valence-corrected chi connectivity index (χ4v) is 2.69. The van der Waals surface area contributed by atoms with E-state index in [0.29, 0.717) is 5.92 Å². The molecule has 3 heteroatoms. The molecule has 0 bridgehead atoms. The van der Waals surface area contributed by atoms with Crippen LogP contribution in [0.15, 0.2) is 24.3 Å². The van der Waals surface area contributed by atoms with Crippen LogP contribution in [-0.2, 0) is 0 Å². The zero-order valence-electron chi connectivity index (χ0n) is 10.4. The molecule has 1 aromatic heterocycles. The Kier molecular flexibility index (Phi) is 2.05. The topological polar surface area (TPSA) is 51.0 Å². The molecule has 0 saturated heterocycles. The predicted molar refractivity (Wildman–Crippen MR) is 69.3 cm³/mol. The van der Waals surface area contributed by atoms with Crippen molar-refractivity contribution in [3.05, 3.63) is 30.0 Å². The van der Waals surface area contributed by atoms with Crippen molar-refractivity contribution in [3.63, 3.8) is 0 Å². The van der Waals surface area contributed by atoms with Crippen molar-refractivity contribution in [1.29, 1.82) is 0 Å². The SMILES string of the molecule is COc1ccc2cc(C3C(N)C3(C)C)[nH]c2c1. The molecule has 1 saturated carbocycles. The molecule has 0 radical (unpaired) electrons. The summed E-state index contributed by atoms with van der Waals surface area (Å²) in [5.41, 5.74) is 8.68. The first-order valence-corrected chi connectivity index (χ1v) is 5.96. The van der Waals surface area contributed by atoms with Crippen LogP contribution >= 0.6 is 0 Å². The molecule has 90 valence electrons. The number of ether oxygens (including phenoxy) is 1. The molecule has 2 aromatic rings. The van der Waals surface area contributed by atoms with Gasteiger partial charge in [0, 0.05) is 29.2 Å². The number of aromatic amines is 1. The van der Waals surface area contributed by atoms with Gasteiger partial charge in [0.2, 0.25) is 0 Å². The number of rotatable bonds is 2. The third kappa shape index (κ3) is 1.46. The molecule has 2 unspecified atom stereocenters. The molecule has 3 N–H and O–H groups in total. The number of hydrogen-bond donors (Lipinski definition) is 2. The molecule has 1 fully saturated rings. The lowest BCUT2D eigenvalue weighted by Crippen LogP contribution is -2.06. The van der Waals surface area contributed by atoms with Gasteiger partial charge in [0.1, 0.15) is 5.75 Å². The highest BCUT2D eigenvalue weighted by Crippen LogP contribution is 2.57. The fourth-order valence-electron chi connectivity index (χ4n) is 2.69. The first kappa shape index (κ1) is 10.7. The molecule has 1 heterocycles. The molecule has 17 heavy (non-hydrogen) atoms. The van der Waals surface area contributed by atoms with E-state index in [4.69, 9.17) is 10.5 Å². The van der Waals surface area contributed by atoms with Crippen LogP contribution in [0.3, 0.4) is 0 Å². The fraction of sp³-hybridized carbons (Fsp3) is 0.429. The second-order valence-corrected chi connectivity index (χ2v) is 5.50. The van der Waals surface area contributed by atoms with Crippen LogP contribution in [0.25, 0.3) is 10.9 Å². The van der Waals surface area contributed by atoms with Crippen molar-refractivity contribution in [2.24, 2.45) is 11.1 Å². The van der Waals surface area contributed by atoms with E-state index in [0.717, 1.165) is 11.3 Å². The minimum absolute atomic E-state index is 0.213. The molecule has 0 spiro atoms. The average molecular weight is 230 g/mol. The third-order valence-corrected chi connectivity index (χ3v) is 4.10. The van der Waals surface area contributed by atoms with Crippen LogP contribution in [-0.4, -0.2) is 18.1 Å². The number of nitrogens with one attached hydrogen (secondary N) is 1. The largest absolute Gasteiger partial charge is 0.497 e. The predicted octanol–water partition coefficient (Wildman–Crippen LogP) is 2.63. The summed E-state index contributed by atoms with van der Waals surface area (Å²) in [6.07, 6.45) is 0. The van der Waals surface area contributed by atoms with Gasteiger partial charge in [-0.3, -0.25) is 0 Å².